The molecule has 1 heterocycles. The molecule has 1 atom stereocenters. The number of rotatable bonds is 5. The summed E-state index contributed by atoms with van der Waals surface area (Å²) in [5.41, 5.74) is 0.622. The van der Waals surface area contributed by atoms with Crippen molar-refractivity contribution in [3.63, 3.8) is 0 Å². The molecule has 0 saturated heterocycles. The molecule has 3 N–H and O–H groups in total. The van der Waals surface area contributed by atoms with E-state index < -0.39 is 0 Å². The molecule has 1 unspecified atom stereocenters. The first-order valence-electron chi connectivity index (χ1n) is 6.19. The molecule has 2 rings (SSSR count). The Morgan fingerprint density at radius 1 is 1.42 bits per heavy atom. The maximum Gasteiger partial charge on any atom is 0.292 e. The zero-order valence-corrected chi connectivity index (χ0v) is 10.7. The summed E-state index contributed by atoms with van der Waals surface area (Å²) < 4.78 is 0. The Kier molecular flexibility index (Phi) is 4.17. The Hall–Kier alpha value is -2.31. The van der Waals surface area contributed by atoms with Gasteiger partial charge >= 0.3 is 0 Å². The minimum absolute atomic E-state index is 0.0902. The highest BCUT2D eigenvalue weighted by Crippen LogP contribution is 2.22. The lowest BCUT2D eigenvalue weighted by Crippen LogP contribution is -2.39. The van der Waals surface area contributed by atoms with Gasteiger partial charge in [-0.3, -0.25) is 15.1 Å². The van der Waals surface area contributed by atoms with Gasteiger partial charge in [0.1, 0.15) is 5.69 Å². The van der Waals surface area contributed by atoms with Crippen LogP contribution in [0.3, 0.4) is 0 Å². The van der Waals surface area contributed by atoms with Crippen molar-refractivity contribution in [1.82, 2.24) is 10.6 Å². The molecule has 0 amide bonds. The van der Waals surface area contributed by atoms with Gasteiger partial charge in [-0.05, 0) is 13.0 Å². The van der Waals surface area contributed by atoms with E-state index in [1.807, 2.05) is 0 Å². The number of anilines is 1. The van der Waals surface area contributed by atoms with Crippen molar-refractivity contribution in [3.8, 4) is 0 Å². The Balaban J connectivity index is 1.78. The van der Waals surface area contributed by atoms with Gasteiger partial charge in [-0.25, -0.2) is 0 Å². The van der Waals surface area contributed by atoms with Gasteiger partial charge in [-0.2, -0.15) is 0 Å². The van der Waals surface area contributed by atoms with Crippen LogP contribution in [0.5, 0.6) is 0 Å². The van der Waals surface area contributed by atoms with E-state index in [1.54, 1.807) is 18.2 Å². The Bertz CT molecular complexity index is 489. The fraction of sp³-hybridized carbons (Fsp3) is 0.417. The maximum atomic E-state index is 10.8. The molecule has 102 valence electrons. The molecule has 1 aromatic rings. The lowest BCUT2D eigenvalue weighted by molar-refractivity contribution is -0.384. The minimum atomic E-state index is -0.389. The summed E-state index contributed by atoms with van der Waals surface area (Å²) >= 11 is 0. The molecule has 0 spiro atoms. The first-order valence-corrected chi connectivity index (χ1v) is 6.19. The summed E-state index contributed by atoms with van der Waals surface area (Å²) in [5.74, 6) is 0.789. The maximum absolute atomic E-state index is 10.8. The number of hydrogen-bond acceptors (Lipinski definition) is 6. The normalized spacial score (nSPS) is 17.5. The number of nitrogens with zero attached hydrogens (tertiary/aromatic N) is 2. The number of hydrogen-bond donors (Lipinski definition) is 3. The SMILES string of the molecule is CC1CN=C(NCCNc2ccccc2[N+](=O)[O-])N1. The van der Waals surface area contributed by atoms with Gasteiger partial charge in [0.2, 0.25) is 0 Å². The second kappa shape index (κ2) is 6.03. The van der Waals surface area contributed by atoms with Crippen LogP contribution >= 0.6 is 0 Å². The molecule has 0 fully saturated rings. The van der Waals surface area contributed by atoms with Crippen LogP contribution in [0.1, 0.15) is 6.92 Å². The van der Waals surface area contributed by atoms with Crippen molar-refractivity contribution >= 4 is 17.3 Å². The molecule has 0 radical (unpaired) electrons. The quantitative estimate of drug-likeness (QED) is 0.418. The van der Waals surface area contributed by atoms with E-state index in [9.17, 15) is 10.1 Å². The van der Waals surface area contributed by atoms with Crippen LogP contribution in [-0.4, -0.2) is 36.6 Å². The number of nitro groups is 1. The highest BCUT2D eigenvalue weighted by molar-refractivity contribution is 5.81. The molecular weight excluding hydrogens is 246 g/mol. The van der Waals surface area contributed by atoms with Crippen LogP contribution in [-0.2, 0) is 0 Å². The molecule has 7 heteroatoms. The molecule has 0 aliphatic carbocycles. The Morgan fingerprint density at radius 2 is 2.16 bits per heavy atom. The zero-order chi connectivity index (χ0) is 13.7. The summed E-state index contributed by atoms with van der Waals surface area (Å²) in [6.45, 7) is 4.06. The fourth-order valence-electron chi connectivity index (χ4n) is 1.82. The molecule has 0 bridgehead atoms. The summed E-state index contributed by atoms with van der Waals surface area (Å²) in [4.78, 5) is 14.7. The van der Waals surface area contributed by atoms with Gasteiger partial charge in [0.25, 0.3) is 5.69 Å². The van der Waals surface area contributed by atoms with E-state index in [-0.39, 0.29) is 10.6 Å². The van der Waals surface area contributed by atoms with Crippen molar-refractivity contribution in [1.29, 1.82) is 0 Å². The number of benzene rings is 1. The molecule has 0 saturated carbocycles. The van der Waals surface area contributed by atoms with E-state index in [0.717, 1.165) is 12.5 Å². The average Bonchev–Trinajstić information content (AvgIpc) is 2.81. The number of nitro benzene ring substituents is 1. The average molecular weight is 263 g/mol. The van der Waals surface area contributed by atoms with Crippen molar-refractivity contribution in [2.75, 3.05) is 25.0 Å². The minimum Gasteiger partial charge on any atom is -0.378 e. The predicted octanol–water partition coefficient (Wildman–Crippen LogP) is 0.944. The highest BCUT2D eigenvalue weighted by Gasteiger charge is 2.13. The monoisotopic (exact) mass is 263 g/mol. The smallest absolute Gasteiger partial charge is 0.292 e. The first kappa shape index (κ1) is 13.1. The Morgan fingerprint density at radius 3 is 2.84 bits per heavy atom. The predicted molar refractivity (Wildman–Crippen MR) is 74.5 cm³/mol. The molecule has 19 heavy (non-hydrogen) atoms. The molecule has 1 aliphatic heterocycles. The third-order valence-electron chi connectivity index (χ3n) is 2.74. The van der Waals surface area contributed by atoms with Crippen LogP contribution in [0.25, 0.3) is 0 Å². The summed E-state index contributed by atoms with van der Waals surface area (Å²) in [6, 6.07) is 6.98. The fourth-order valence-corrected chi connectivity index (χ4v) is 1.82. The molecule has 1 aliphatic rings. The van der Waals surface area contributed by atoms with E-state index in [2.05, 4.69) is 27.9 Å². The van der Waals surface area contributed by atoms with Gasteiger partial charge in [0.15, 0.2) is 5.96 Å². The lowest BCUT2D eigenvalue weighted by atomic mass is 10.2. The number of nitrogens with one attached hydrogen (secondary N) is 3. The summed E-state index contributed by atoms with van der Waals surface area (Å²) in [7, 11) is 0. The zero-order valence-electron chi connectivity index (χ0n) is 10.7. The molecule has 7 nitrogen and oxygen atoms in total. The Labute approximate surface area is 111 Å². The van der Waals surface area contributed by atoms with Crippen LogP contribution in [0.2, 0.25) is 0 Å². The van der Waals surface area contributed by atoms with Crippen molar-refractivity contribution in [3.05, 3.63) is 34.4 Å². The number of aliphatic imine (C=N–C) groups is 1. The van der Waals surface area contributed by atoms with Crippen LogP contribution in [0.4, 0.5) is 11.4 Å². The molecule has 0 aromatic heterocycles. The topological polar surface area (TPSA) is 91.6 Å². The second-order valence-corrected chi connectivity index (χ2v) is 4.36. The van der Waals surface area contributed by atoms with Crippen molar-refractivity contribution in [2.24, 2.45) is 4.99 Å². The van der Waals surface area contributed by atoms with E-state index in [0.29, 0.717) is 24.8 Å². The van der Waals surface area contributed by atoms with E-state index in [4.69, 9.17) is 0 Å². The van der Waals surface area contributed by atoms with Gasteiger partial charge in [-0.1, -0.05) is 12.1 Å². The third-order valence-corrected chi connectivity index (χ3v) is 2.74. The molecule has 1 aromatic carbocycles. The summed E-state index contributed by atoms with van der Waals surface area (Å²) in [6.07, 6.45) is 0. The van der Waals surface area contributed by atoms with E-state index in [1.165, 1.54) is 6.07 Å². The van der Waals surface area contributed by atoms with E-state index >= 15 is 0 Å². The van der Waals surface area contributed by atoms with Crippen LogP contribution in [0, 0.1) is 10.1 Å². The van der Waals surface area contributed by atoms with Crippen LogP contribution < -0.4 is 16.0 Å². The van der Waals surface area contributed by atoms with Crippen LogP contribution in [0.15, 0.2) is 29.3 Å². The van der Waals surface area contributed by atoms with Gasteiger partial charge in [0.05, 0.1) is 11.5 Å². The number of guanidine groups is 1. The largest absolute Gasteiger partial charge is 0.378 e. The van der Waals surface area contributed by atoms with Crippen molar-refractivity contribution in [2.45, 2.75) is 13.0 Å². The summed E-state index contributed by atoms with van der Waals surface area (Å²) in [5, 5.41) is 20.2. The number of para-hydroxylation sites is 2. The van der Waals surface area contributed by atoms with Gasteiger partial charge in [0, 0.05) is 25.2 Å². The van der Waals surface area contributed by atoms with Crippen molar-refractivity contribution < 1.29 is 4.92 Å². The standard InChI is InChI=1S/C12H17N5O2/c1-9-8-15-12(16-9)14-7-6-13-10-4-2-3-5-11(10)17(18)19/h2-5,9,13H,6-8H2,1H3,(H2,14,15,16). The highest BCUT2D eigenvalue weighted by atomic mass is 16.6. The second-order valence-electron chi connectivity index (χ2n) is 4.36. The van der Waals surface area contributed by atoms with Gasteiger partial charge < -0.3 is 16.0 Å². The molecular formula is C12H17N5O2. The lowest BCUT2D eigenvalue weighted by Gasteiger charge is -2.10. The third kappa shape index (κ3) is 3.57. The first-order chi connectivity index (χ1) is 9.16. The van der Waals surface area contributed by atoms with Gasteiger partial charge in [-0.15, -0.1) is 0 Å².